The summed E-state index contributed by atoms with van der Waals surface area (Å²) in [5, 5.41) is 30.5. The van der Waals surface area contributed by atoms with Crippen LogP contribution in [-0.2, 0) is 32.5 Å². The van der Waals surface area contributed by atoms with E-state index in [1.165, 1.54) is 54.6 Å². The van der Waals surface area contributed by atoms with E-state index in [0.717, 1.165) is 25.4 Å². The first kappa shape index (κ1) is 38.8. The lowest BCUT2D eigenvalue weighted by atomic mass is 10.1. The van der Waals surface area contributed by atoms with E-state index in [1.807, 2.05) is 13.8 Å². The van der Waals surface area contributed by atoms with Crippen LogP contribution in [0.3, 0.4) is 0 Å². The molecule has 16 heteroatoms. The Balaban J connectivity index is 0.000000270. The Morgan fingerprint density at radius 3 is 1.79 bits per heavy atom. The van der Waals surface area contributed by atoms with E-state index in [-0.39, 0.29) is 26.9 Å². The second-order valence-electron chi connectivity index (χ2n) is 10.0. The maximum absolute atomic E-state index is 11.6. The number of aromatic hydroxyl groups is 1. The molecule has 0 spiro atoms. The van der Waals surface area contributed by atoms with Crippen molar-refractivity contribution < 1.29 is 36.5 Å². The number of sulfone groups is 2. The maximum Gasteiger partial charge on any atom is 0.290 e. The molecule has 0 saturated carbocycles. The minimum atomic E-state index is -3.32. The van der Waals surface area contributed by atoms with Gasteiger partial charge in [0.1, 0.15) is 27.5 Å². The van der Waals surface area contributed by atoms with Crippen LogP contribution in [0.5, 0.6) is 17.2 Å². The van der Waals surface area contributed by atoms with Crippen LogP contribution in [0.1, 0.15) is 37.9 Å². The van der Waals surface area contributed by atoms with E-state index in [9.17, 15) is 37.1 Å². The smallest absolute Gasteiger partial charge is 0.290 e. The van der Waals surface area contributed by atoms with Gasteiger partial charge in [-0.1, -0.05) is 38.8 Å². The van der Waals surface area contributed by atoms with Crippen LogP contribution >= 0.6 is 15.9 Å². The van der Waals surface area contributed by atoms with Crippen LogP contribution in [0.2, 0.25) is 0 Å². The van der Waals surface area contributed by atoms with E-state index in [1.54, 1.807) is 24.3 Å². The van der Waals surface area contributed by atoms with Crippen molar-refractivity contribution in [2.45, 2.75) is 49.3 Å². The standard InChI is InChI=1S/C16H17NO5S.C8H9BrN2O2.C7H8O3S/c1-3-5-12-10-14(8-9-16(12)17(18)19)22-13-6-4-7-15(11-13)23(2,20)21;1-2-3-6-7(11(12)13)4-5-8(9)10-6;1-11(9,10)7-4-2-3-6(8)5-7/h4,6-11H,3,5H2,1-2H3;4-5H,2-3H2,1H3;2-5,8H,1H3. The van der Waals surface area contributed by atoms with Gasteiger partial charge in [0.25, 0.3) is 11.4 Å². The number of phenolic OH excluding ortho intramolecular Hbond substituents is 1. The molecule has 4 rings (SSSR count). The predicted octanol–water partition coefficient (Wildman–Crippen LogP) is 7.24. The number of benzene rings is 3. The average molecular weight is 753 g/mol. The van der Waals surface area contributed by atoms with Gasteiger partial charge in [-0.3, -0.25) is 20.2 Å². The number of nitro groups is 2. The van der Waals surface area contributed by atoms with Crippen molar-refractivity contribution >= 4 is 47.0 Å². The fourth-order valence-electron chi connectivity index (χ4n) is 3.95. The molecule has 1 aromatic heterocycles. The van der Waals surface area contributed by atoms with Crippen molar-refractivity contribution in [3.8, 4) is 17.2 Å². The Labute approximate surface area is 281 Å². The summed E-state index contributed by atoms with van der Waals surface area (Å²) in [5.74, 6) is 0.766. The van der Waals surface area contributed by atoms with E-state index < -0.39 is 29.5 Å². The molecule has 1 heterocycles. The molecule has 3 aromatic carbocycles. The number of phenols is 1. The number of ether oxygens (including phenoxy) is 1. The summed E-state index contributed by atoms with van der Waals surface area (Å²) in [5.41, 5.74) is 1.30. The van der Waals surface area contributed by atoms with Crippen molar-refractivity contribution in [2.24, 2.45) is 0 Å². The number of aromatic nitrogens is 1. The zero-order valence-electron chi connectivity index (χ0n) is 26.0. The van der Waals surface area contributed by atoms with Crippen LogP contribution in [0.25, 0.3) is 0 Å². The summed E-state index contributed by atoms with van der Waals surface area (Å²) in [7, 11) is -6.51. The number of hydrogen-bond acceptors (Lipinski definition) is 11. The first-order chi connectivity index (χ1) is 22.0. The lowest BCUT2D eigenvalue weighted by Crippen LogP contribution is -1.98. The monoisotopic (exact) mass is 751 g/mol. The van der Waals surface area contributed by atoms with Crippen LogP contribution < -0.4 is 4.74 Å². The Bertz CT molecular complexity index is 1940. The van der Waals surface area contributed by atoms with Crippen molar-refractivity contribution in [1.82, 2.24) is 4.98 Å². The third kappa shape index (κ3) is 12.7. The van der Waals surface area contributed by atoms with Crippen molar-refractivity contribution in [2.75, 3.05) is 12.5 Å². The molecule has 0 saturated heterocycles. The fourth-order valence-corrected chi connectivity index (χ4v) is 5.61. The van der Waals surface area contributed by atoms with Crippen molar-refractivity contribution in [3.63, 3.8) is 0 Å². The predicted molar refractivity (Wildman–Crippen MR) is 181 cm³/mol. The van der Waals surface area contributed by atoms with Crippen LogP contribution in [-0.4, -0.2) is 49.3 Å². The SMILES string of the molecule is CCCc1cc(Oc2cccc(S(C)(=O)=O)c2)ccc1[N+](=O)[O-].CCCc1nc(Br)ccc1[N+](=O)[O-].CS(=O)(=O)c1cccc(O)c1. The minimum Gasteiger partial charge on any atom is -0.508 e. The molecule has 0 bridgehead atoms. The van der Waals surface area contributed by atoms with E-state index >= 15 is 0 Å². The van der Waals surface area contributed by atoms with Gasteiger partial charge < -0.3 is 9.84 Å². The lowest BCUT2D eigenvalue weighted by molar-refractivity contribution is -0.386. The molecular formula is C31H34BrN3O10S2. The third-order valence-electron chi connectivity index (χ3n) is 6.08. The summed E-state index contributed by atoms with van der Waals surface area (Å²) in [6.07, 6.45) is 5.05. The highest BCUT2D eigenvalue weighted by atomic mass is 79.9. The molecule has 0 aliphatic carbocycles. The average Bonchev–Trinajstić information content (AvgIpc) is 2.97. The van der Waals surface area contributed by atoms with Gasteiger partial charge in [-0.15, -0.1) is 0 Å². The van der Waals surface area contributed by atoms with Gasteiger partial charge in [0.15, 0.2) is 19.7 Å². The normalized spacial score (nSPS) is 10.9. The van der Waals surface area contributed by atoms with Crippen molar-refractivity contribution in [3.05, 3.63) is 115 Å². The molecule has 0 atom stereocenters. The number of pyridine rings is 1. The molecule has 4 aromatic rings. The molecule has 0 aliphatic rings. The Hall–Kier alpha value is -4.41. The number of rotatable bonds is 10. The minimum absolute atomic E-state index is 0.0343. The zero-order chi connectivity index (χ0) is 35.4. The summed E-state index contributed by atoms with van der Waals surface area (Å²) < 4.78 is 51.2. The van der Waals surface area contributed by atoms with Gasteiger partial charge >= 0.3 is 0 Å². The molecule has 1 N–H and O–H groups in total. The van der Waals surface area contributed by atoms with E-state index in [0.29, 0.717) is 40.2 Å². The molecule has 0 fully saturated rings. The molecule has 0 radical (unpaired) electrons. The molecule has 47 heavy (non-hydrogen) atoms. The Kier molecular flexibility index (Phi) is 14.4. The van der Waals surface area contributed by atoms with Crippen LogP contribution in [0, 0.1) is 20.2 Å². The highest BCUT2D eigenvalue weighted by Gasteiger charge is 2.16. The lowest BCUT2D eigenvalue weighted by Gasteiger charge is -2.09. The molecule has 0 amide bonds. The maximum atomic E-state index is 11.6. The topological polar surface area (TPSA) is 197 Å². The highest BCUT2D eigenvalue weighted by molar-refractivity contribution is 9.10. The molecule has 13 nitrogen and oxygen atoms in total. The molecule has 0 unspecified atom stereocenters. The number of halogens is 1. The summed E-state index contributed by atoms with van der Waals surface area (Å²) >= 11 is 3.18. The fraction of sp³-hybridized carbons (Fsp3) is 0.258. The second kappa shape index (κ2) is 17.5. The zero-order valence-corrected chi connectivity index (χ0v) is 29.2. The second-order valence-corrected chi connectivity index (χ2v) is 14.9. The van der Waals surface area contributed by atoms with Crippen molar-refractivity contribution in [1.29, 1.82) is 0 Å². The molecule has 0 aliphatic heterocycles. The quantitative estimate of drug-likeness (QED) is 0.0973. The Morgan fingerprint density at radius 2 is 1.28 bits per heavy atom. The van der Waals surface area contributed by atoms with Gasteiger partial charge in [-0.05, 0) is 83.4 Å². The third-order valence-corrected chi connectivity index (χ3v) is 8.74. The van der Waals surface area contributed by atoms with Gasteiger partial charge in [0.2, 0.25) is 0 Å². The van der Waals surface area contributed by atoms with Gasteiger partial charge in [0.05, 0.1) is 19.6 Å². The van der Waals surface area contributed by atoms with Gasteiger partial charge in [0, 0.05) is 30.2 Å². The highest BCUT2D eigenvalue weighted by Crippen LogP contribution is 2.29. The molecule has 252 valence electrons. The summed E-state index contributed by atoms with van der Waals surface area (Å²) in [6, 6.07) is 19.3. The largest absolute Gasteiger partial charge is 0.508 e. The van der Waals surface area contributed by atoms with E-state index in [4.69, 9.17) is 9.84 Å². The molecular weight excluding hydrogens is 718 g/mol. The van der Waals surface area contributed by atoms with E-state index in [2.05, 4.69) is 20.9 Å². The van der Waals surface area contributed by atoms with Gasteiger partial charge in [-0.25, -0.2) is 21.8 Å². The van der Waals surface area contributed by atoms with Crippen LogP contribution in [0.4, 0.5) is 11.4 Å². The first-order valence-electron chi connectivity index (χ1n) is 14.0. The summed E-state index contributed by atoms with van der Waals surface area (Å²) in [4.78, 5) is 25.1. The summed E-state index contributed by atoms with van der Waals surface area (Å²) in [6.45, 7) is 3.90. The first-order valence-corrected chi connectivity index (χ1v) is 18.6. The van der Waals surface area contributed by atoms with Crippen LogP contribution in [0.15, 0.2) is 93.3 Å². The Morgan fingerprint density at radius 1 is 0.745 bits per heavy atom. The number of nitrogens with zero attached hydrogens (tertiary/aromatic N) is 3. The number of aryl methyl sites for hydroxylation is 2. The number of nitro benzene ring substituents is 1. The van der Waals surface area contributed by atoms with Gasteiger partial charge in [-0.2, -0.15) is 0 Å². The number of hydrogen-bond donors (Lipinski definition) is 1.